The second-order valence-corrected chi connectivity index (χ2v) is 6.08. The molecule has 0 saturated carbocycles. The molecule has 1 saturated heterocycles. The molecule has 124 valence electrons. The van der Waals surface area contributed by atoms with Crippen LogP contribution in [0.1, 0.15) is 20.8 Å². The molecule has 1 rings (SSSR count). The summed E-state index contributed by atoms with van der Waals surface area (Å²) in [6.07, 6.45) is -0.714. The predicted molar refractivity (Wildman–Crippen MR) is 78.2 cm³/mol. The molecule has 0 spiro atoms. The highest BCUT2D eigenvalue weighted by Gasteiger charge is 2.37. The Labute approximate surface area is 126 Å². The van der Waals surface area contributed by atoms with Crippen molar-refractivity contribution in [2.75, 3.05) is 41.0 Å². The van der Waals surface area contributed by atoms with Crippen molar-refractivity contribution < 1.29 is 23.7 Å². The maximum Gasteiger partial charge on any atom is 0.410 e. The molecule has 1 aliphatic heterocycles. The zero-order chi connectivity index (χ0) is 16.0. The Morgan fingerprint density at radius 1 is 1.24 bits per heavy atom. The van der Waals surface area contributed by atoms with E-state index < -0.39 is 5.60 Å². The average molecular weight is 304 g/mol. The van der Waals surface area contributed by atoms with Crippen LogP contribution in [0.5, 0.6) is 0 Å². The minimum atomic E-state index is -0.498. The van der Waals surface area contributed by atoms with E-state index in [2.05, 4.69) is 5.32 Å². The maximum absolute atomic E-state index is 12.1. The Hall–Kier alpha value is -0.890. The lowest BCUT2D eigenvalue weighted by Crippen LogP contribution is -2.44. The van der Waals surface area contributed by atoms with E-state index >= 15 is 0 Å². The molecule has 0 aliphatic carbocycles. The van der Waals surface area contributed by atoms with Crippen molar-refractivity contribution in [2.45, 2.75) is 44.8 Å². The molecule has 2 atom stereocenters. The van der Waals surface area contributed by atoms with E-state index in [1.165, 1.54) is 0 Å². The molecule has 7 heteroatoms. The van der Waals surface area contributed by atoms with Gasteiger partial charge in [-0.15, -0.1) is 0 Å². The smallest absolute Gasteiger partial charge is 0.410 e. The summed E-state index contributed by atoms with van der Waals surface area (Å²) < 4.78 is 21.1. The van der Waals surface area contributed by atoms with Crippen molar-refractivity contribution in [1.29, 1.82) is 0 Å². The van der Waals surface area contributed by atoms with Crippen LogP contribution in [0.3, 0.4) is 0 Å². The van der Waals surface area contributed by atoms with Crippen molar-refractivity contribution in [3.63, 3.8) is 0 Å². The van der Waals surface area contributed by atoms with Gasteiger partial charge in [0.1, 0.15) is 5.60 Å². The molecular weight excluding hydrogens is 276 g/mol. The summed E-state index contributed by atoms with van der Waals surface area (Å²) in [7, 11) is 4.82. The number of hydrogen-bond donors (Lipinski definition) is 1. The zero-order valence-corrected chi connectivity index (χ0v) is 13.8. The van der Waals surface area contributed by atoms with E-state index in [0.29, 0.717) is 19.6 Å². The first-order valence-electron chi connectivity index (χ1n) is 7.10. The fourth-order valence-corrected chi connectivity index (χ4v) is 2.19. The van der Waals surface area contributed by atoms with Crippen molar-refractivity contribution >= 4 is 6.09 Å². The van der Waals surface area contributed by atoms with Gasteiger partial charge in [0, 0.05) is 34.4 Å². The van der Waals surface area contributed by atoms with Gasteiger partial charge >= 0.3 is 6.09 Å². The normalized spacial score (nSPS) is 22.9. The molecule has 7 nitrogen and oxygen atoms in total. The van der Waals surface area contributed by atoms with Gasteiger partial charge in [-0.1, -0.05) is 0 Å². The van der Waals surface area contributed by atoms with E-state index in [9.17, 15) is 4.79 Å². The molecule has 0 aromatic carbocycles. The van der Waals surface area contributed by atoms with Crippen molar-refractivity contribution in [3.05, 3.63) is 0 Å². The van der Waals surface area contributed by atoms with Gasteiger partial charge in [0.2, 0.25) is 0 Å². The molecule has 1 N–H and O–H groups in total. The van der Waals surface area contributed by atoms with Gasteiger partial charge in [0.05, 0.1) is 18.7 Å². The number of nitrogens with one attached hydrogen (secondary N) is 1. The summed E-state index contributed by atoms with van der Waals surface area (Å²) in [6.45, 7) is 7.13. The number of ether oxygens (including phenoxy) is 4. The minimum Gasteiger partial charge on any atom is -0.444 e. The number of likely N-dealkylation sites (tertiary alicyclic amines) is 1. The van der Waals surface area contributed by atoms with Gasteiger partial charge in [-0.05, 0) is 20.8 Å². The number of amides is 1. The lowest BCUT2D eigenvalue weighted by molar-refractivity contribution is -0.101. The number of methoxy groups -OCH3 is 3. The Morgan fingerprint density at radius 2 is 1.86 bits per heavy atom. The fourth-order valence-electron chi connectivity index (χ4n) is 2.19. The van der Waals surface area contributed by atoms with Crippen LogP contribution in [0, 0.1) is 0 Å². The summed E-state index contributed by atoms with van der Waals surface area (Å²) in [5, 5.41) is 3.31. The number of hydrogen-bond acceptors (Lipinski definition) is 6. The third-order valence-corrected chi connectivity index (χ3v) is 3.29. The van der Waals surface area contributed by atoms with Crippen LogP contribution in [0.25, 0.3) is 0 Å². The third-order valence-electron chi connectivity index (χ3n) is 3.29. The van der Waals surface area contributed by atoms with Gasteiger partial charge in [-0.3, -0.25) is 0 Å². The van der Waals surface area contributed by atoms with E-state index in [1.807, 2.05) is 20.8 Å². The first-order valence-corrected chi connectivity index (χ1v) is 7.10. The van der Waals surface area contributed by atoms with Crippen LogP contribution in [-0.2, 0) is 18.9 Å². The topological polar surface area (TPSA) is 69.3 Å². The second kappa shape index (κ2) is 7.93. The Morgan fingerprint density at radius 3 is 2.33 bits per heavy atom. The van der Waals surface area contributed by atoms with Gasteiger partial charge in [-0.2, -0.15) is 0 Å². The quantitative estimate of drug-likeness (QED) is 0.733. The van der Waals surface area contributed by atoms with Crippen LogP contribution >= 0.6 is 0 Å². The van der Waals surface area contributed by atoms with Gasteiger partial charge in [-0.25, -0.2) is 4.79 Å². The predicted octanol–water partition coefficient (Wildman–Crippen LogP) is 0.829. The summed E-state index contributed by atoms with van der Waals surface area (Å²) in [4.78, 5) is 13.7. The minimum absolute atomic E-state index is 0.0234. The molecule has 21 heavy (non-hydrogen) atoms. The van der Waals surface area contributed by atoms with E-state index in [4.69, 9.17) is 18.9 Å². The van der Waals surface area contributed by atoms with E-state index in [0.717, 1.165) is 0 Å². The van der Waals surface area contributed by atoms with Gasteiger partial charge in [0.25, 0.3) is 0 Å². The molecular formula is C14H28N2O5. The molecule has 1 fully saturated rings. The molecule has 0 radical (unpaired) electrons. The first-order chi connectivity index (χ1) is 9.80. The van der Waals surface area contributed by atoms with Crippen molar-refractivity contribution in [1.82, 2.24) is 10.2 Å². The lowest BCUT2D eigenvalue weighted by Gasteiger charge is -2.24. The third kappa shape index (κ3) is 5.78. The van der Waals surface area contributed by atoms with Gasteiger partial charge < -0.3 is 29.2 Å². The Balaban J connectivity index is 2.53. The number of nitrogens with zero attached hydrogens (tertiary/aromatic N) is 1. The molecule has 0 bridgehead atoms. The second-order valence-electron chi connectivity index (χ2n) is 6.08. The highest BCUT2D eigenvalue weighted by Crippen LogP contribution is 2.17. The molecule has 1 heterocycles. The first kappa shape index (κ1) is 18.2. The fraction of sp³-hybridized carbons (Fsp3) is 0.929. The van der Waals surface area contributed by atoms with E-state index in [-0.39, 0.29) is 24.5 Å². The number of carbonyl (C=O) groups is 1. The number of carbonyl (C=O) groups excluding carboxylic acids is 1. The maximum atomic E-state index is 12.1. The Bertz CT molecular complexity index is 328. The monoisotopic (exact) mass is 304 g/mol. The van der Waals surface area contributed by atoms with Gasteiger partial charge in [0.15, 0.2) is 6.29 Å². The SMILES string of the molecule is COC(CNC1CN(C(=O)OC(C)(C)C)C[C@@H]1OC)OC. The zero-order valence-electron chi connectivity index (χ0n) is 13.8. The summed E-state index contributed by atoms with van der Waals surface area (Å²) in [5.74, 6) is 0. The molecule has 1 unspecified atom stereocenters. The largest absolute Gasteiger partial charge is 0.444 e. The standard InChI is InChI=1S/C14H28N2O5/c1-14(2,3)21-13(17)16-8-10(11(9-16)18-4)15-7-12(19-5)20-6/h10-12,15H,7-9H2,1-6H3/t10?,11-/m0/s1. The van der Waals surface area contributed by atoms with E-state index in [1.54, 1.807) is 26.2 Å². The van der Waals surface area contributed by atoms with Crippen LogP contribution in [0.2, 0.25) is 0 Å². The van der Waals surface area contributed by atoms with Crippen LogP contribution in [0.4, 0.5) is 4.79 Å². The molecule has 0 aromatic heterocycles. The molecule has 1 aliphatic rings. The molecule has 0 aromatic rings. The van der Waals surface area contributed by atoms with Crippen LogP contribution in [0.15, 0.2) is 0 Å². The average Bonchev–Trinajstić information content (AvgIpc) is 2.81. The van der Waals surface area contributed by atoms with Crippen LogP contribution < -0.4 is 5.32 Å². The summed E-state index contributed by atoms with van der Waals surface area (Å²) >= 11 is 0. The summed E-state index contributed by atoms with van der Waals surface area (Å²) in [6, 6.07) is 0.0234. The summed E-state index contributed by atoms with van der Waals surface area (Å²) in [5.41, 5.74) is -0.498. The van der Waals surface area contributed by atoms with Crippen molar-refractivity contribution in [2.24, 2.45) is 0 Å². The lowest BCUT2D eigenvalue weighted by atomic mass is 10.2. The highest BCUT2D eigenvalue weighted by atomic mass is 16.7. The Kier molecular flexibility index (Phi) is 6.86. The van der Waals surface area contributed by atoms with Crippen LogP contribution in [-0.4, -0.2) is 76.0 Å². The highest BCUT2D eigenvalue weighted by molar-refractivity contribution is 5.68. The molecule has 1 amide bonds. The number of rotatable bonds is 6. The van der Waals surface area contributed by atoms with Crippen molar-refractivity contribution in [3.8, 4) is 0 Å².